The molecule has 2 rings (SSSR count). The Hall–Kier alpha value is -1.47. The van der Waals surface area contributed by atoms with Crippen molar-refractivity contribution in [3.05, 3.63) is 32.6 Å². The molecule has 3 unspecified atom stereocenters. The second-order valence-electron chi connectivity index (χ2n) is 6.66. The average Bonchev–Trinajstić information content (AvgIpc) is 3.02. The lowest BCUT2D eigenvalue weighted by Gasteiger charge is -2.19. The third-order valence-electron chi connectivity index (χ3n) is 3.98. The van der Waals surface area contributed by atoms with Crippen LogP contribution in [0.25, 0.3) is 0 Å². The highest BCUT2D eigenvalue weighted by atomic mass is 31.3. The normalized spacial score (nSPS) is 24.1. The molecule has 0 aliphatic carbocycles. The van der Waals surface area contributed by atoms with E-state index in [1.807, 2.05) is 4.98 Å². The number of aromatic amines is 1. The zero-order valence-corrected chi connectivity index (χ0v) is 19.7. The summed E-state index contributed by atoms with van der Waals surface area (Å²) in [4.78, 5) is 61.7. The summed E-state index contributed by atoms with van der Waals surface area (Å²) < 4.78 is 51.6. The predicted molar refractivity (Wildman–Crippen MR) is 109 cm³/mol. The molecule has 1 aliphatic rings. The van der Waals surface area contributed by atoms with Crippen molar-refractivity contribution >= 4 is 23.5 Å². The number of hydrogen-bond acceptors (Lipinski definition) is 11. The lowest BCUT2D eigenvalue weighted by Crippen LogP contribution is -2.33. The van der Waals surface area contributed by atoms with Crippen LogP contribution in [0.15, 0.2) is 15.8 Å². The third-order valence-corrected chi connectivity index (χ3v) is 7.79. The standard InChI is InChI=1S/C14H21N2O15P3/c17-5-3-1-2-4-9-7-16(14(20)15-13(9)19)12-6-10(18)11(29-12)8-28-33(24,25)31-34(26,27)30-32(21,22)23/h7,10-12,17-18H,1,3,5-6,8H2,(H,24,25)(H,26,27)(H,15,19,20)(H2,21,22,23)/t10?,11-,12-/m1/s1. The monoisotopic (exact) mass is 550 g/mol. The highest BCUT2D eigenvalue weighted by molar-refractivity contribution is 7.66. The minimum absolute atomic E-state index is 0.0971. The Labute approximate surface area is 190 Å². The maximum atomic E-state index is 12.1. The van der Waals surface area contributed by atoms with Crippen molar-refractivity contribution in [3.8, 4) is 11.8 Å². The van der Waals surface area contributed by atoms with E-state index in [1.54, 1.807) is 0 Å². The zero-order valence-electron chi connectivity index (χ0n) is 17.0. The summed E-state index contributed by atoms with van der Waals surface area (Å²) in [7, 11) is -16.7. The molecular weight excluding hydrogens is 529 g/mol. The van der Waals surface area contributed by atoms with E-state index in [2.05, 4.69) is 25.0 Å². The van der Waals surface area contributed by atoms with Gasteiger partial charge in [0.15, 0.2) is 0 Å². The maximum absolute atomic E-state index is 12.1. The van der Waals surface area contributed by atoms with Gasteiger partial charge in [0.2, 0.25) is 0 Å². The first-order valence-electron chi connectivity index (χ1n) is 9.19. The van der Waals surface area contributed by atoms with E-state index >= 15 is 0 Å². The highest BCUT2D eigenvalue weighted by Gasteiger charge is 2.43. The number of rotatable bonds is 10. The van der Waals surface area contributed by atoms with Crippen LogP contribution in [0.3, 0.4) is 0 Å². The molecule has 34 heavy (non-hydrogen) atoms. The average molecular weight is 550 g/mol. The number of hydrogen-bond donors (Lipinski definition) is 7. The van der Waals surface area contributed by atoms with Crippen LogP contribution in [0, 0.1) is 11.8 Å². The van der Waals surface area contributed by atoms with E-state index in [4.69, 9.17) is 24.5 Å². The summed E-state index contributed by atoms with van der Waals surface area (Å²) in [6.45, 7) is -1.02. The Morgan fingerprint density at radius 3 is 2.44 bits per heavy atom. The number of aliphatic hydroxyl groups is 2. The van der Waals surface area contributed by atoms with Gasteiger partial charge in [-0.25, -0.2) is 18.5 Å². The van der Waals surface area contributed by atoms with Gasteiger partial charge >= 0.3 is 29.2 Å². The summed E-state index contributed by atoms with van der Waals surface area (Å²) in [5, 5.41) is 18.9. The van der Waals surface area contributed by atoms with Crippen LogP contribution in [0.5, 0.6) is 0 Å². The van der Waals surface area contributed by atoms with Crippen LogP contribution < -0.4 is 11.2 Å². The Balaban J connectivity index is 2.08. The summed E-state index contributed by atoms with van der Waals surface area (Å²) >= 11 is 0. The van der Waals surface area contributed by atoms with Gasteiger partial charge < -0.3 is 34.5 Å². The van der Waals surface area contributed by atoms with Crippen LogP contribution in [0.1, 0.15) is 31.1 Å². The van der Waals surface area contributed by atoms with Gasteiger partial charge in [-0.05, 0) is 6.42 Å². The first-order valence-corrected chi connectivity index (χ1v) is 13.7. The van der Waals surface area contributed by atoms with Crippen LogP contribution in [0.4, 0.5) is 0 Å². The summed E-state index contributed by atoms with van der Waals surface area (Å²) in [5.74, 6) is 5.17. The van der Waals surface area contributed by atoms with Crippen molar-refractivity contribution in [2.45, 2.75) is 37.7 Å². The van der Waals surface area contributed by atoms with Gasteiger partial charge in [0.05, 0.1) is 12.7 Å². The van der Waals surface area contributed by atoms with E-state index in [0.717, 1.165) is 10.8 Å². The van der Waals surface area contributed by atoms with E-state index < -0.39 is 59.8 Å². The van der Waals surface area contributed by atoms with Gasteiger partial charge in [-0.1, -0.05) is 11.8 Å². The van der Waals surface area contributed by atoms with Gasteiger partial charge in [0.25, 0.3) is 5.56 Å². The number of unbranched alkanes of at least 4 members (excludes halogenated alkanes) is 1. The molecule has 0 radical (unpaired) electrons. The quantitative estimate of drug-likeness (QED) is 0.101. The molecule has 5 atom stereocenters. The fourth-order valence-corrected chi connectivity index (χ4v) is 5.65. The third kappa shape index (κ3) is 8.95. The number of nitrogens with one attached hydrogen (secondary N) is 1. The fraction of sp³-hybridized carbons (Fsp3) is 0.571. The molecule has 1 aliphatic heterocycles. The summed E-state index contributed by atoms with van der Waals surface area (Å²) in [6.07, 6.45) is -2.42. The Kier molecular flexibility index (Phi) is 9.74. The van der Waals surface area contributed by atoms with Crippen molar-refractivity contribution < 1.29 is 61.4 Å². The molecule has 20 heteroatoms. The molecule has 0 saturated carbocycles. The minimum Gasteiger partial charge on any atom is -0.396 e. The van der Waals surface area contributed by atoms with E-state index in [0.29, 0.717) is 6.42 Å². The first kappa shape index (κ1) is 28.8. The van der Waals surface area contributed by atoms with Crippen molar-refractivity contribution in [3.63, 3.8) is 0 Å². The molecule has 1 saturated heterocycles. The number of phosphoric ester groups is 1. The largest absolute Gasteiger partial charge is 0.490 e. The van der Waals surface area contributed by atoms with Crippen LogP contribution in [-0.2, 0) is 31.6 Å². The molecule has 2 heterocycles. The maximum Gasteiger partial charge on any atom is 0.490 e. The number of nitrogens with zero attached hydrogens (tertiary/aromatic N) is 1. The van der Waals surface area contributed by atoms with Gasteiger partial charge in [-0.15, -0.1) is 0 Å². The zero-order chi connectivity index (χ0) is 25.7. The molecule has 17 nitrogen and oxygen atoms in total. The van der Waals surface area contributed by atoms with Crippen molar-refractivity contribution in [2.75, 3.05) is 13.2 Å². The fourth-order valence-electron chi connectivity index (χ4n) is 2.62. The second-order valence-corrected chi connectivity index (χ2v) is 11.1. The lowest BCUT2D eigenvalue weighted by atomic mass is 10.2. The molecular formula is C14H21N2O15P3. The van der Waals surface area contributed by atoms with Crippen molar-refractivity contribution in [2.24, 2.45) is 0 Å². The summed E-state index contributed by atoms with van der Waals surface area (Å²) in [6, 6.07) is 0. The van der Waals surface area contributed by atoms with Crippen LogP contribution in [-0.4, -0.2) is 64.8 Å². The van der Waals surface area contributed by atoms with Crippen LogP contribution >= 0.6 is 23.5 Å². The van der Waals surface area contributed by atoms with Gasteiger partial charge in [-0.3, -0.25) is 18.9 Å². The molecule has 0 spiro atoms. The molecule has 1 aromatic rings. The first-order chi connectivity index (χ1) is 15.6. The molecule has 192 valence electrons. The molecule has 0 bridgehead atoms. The topological polar surface area (TPSA) is 264 Å². The molecule has 1 aromatic heterocycles. The number of aromatic nitrogens is 2. The molecule has 0 amide bonds. The van der Waals surface area contributed by atoms with E-state index in [9.17, 15) is 33.3 Å². The van der Waals surface area contributed by atoms with Gasteiger partial charge in [0, 0.05) is 25.6 Å². The van der Waals surface area contributed by atoms with E-state index in [1.165, 1.54) is 0 Å². The Morgan fingerprint density at radius 2 is 1.82 bits per heavy atom. The predicted octanol–water partition coefficient (Wildman–Crippen LogP) is -1.35. The number of ether oxygens (including phenoxy) is 1. The van der Waals surface area contributed by atoms with Gasteiger partial charge in [0.1, 0.15) is 17.9 Å². The van der Waals surface area contributed by atoms with Gasteiger partial charge in [-0.2, -0.15) is 8.62 Å². The number of phosphoric acid groups is 3. The Morgan fingerprint density at radius 1 is 1.15 bits per heavy atom. The molecule has 1 fully saturated rings. The lowest BCUT2D eigenvalue weighted by molar-refractivity contribution is -0.0450. The van der Waals surface area contributed by atoms with E-state index in [-0.39, 0.29) is 25.0 Å². The summed E-state index contributed by atoms with van der Waals surface area (Å²) in [5.41, 5.74) is -1.79. The number of aliphatic hydroxyl groups excluding tert-OH is 2. The minimum atomic E-state index is -5.71. The molecule has 0 aromatic carbocycles. The highest BCUT2D eigenvalue weighted by Crippen LogP contribution is 2.66. The van der Waals surface area contributed by atoms with Crippen molar-refractivity contribution in [1.82, 2.24) is 9.55 Å². The van der Waals surface area contributed by atoms with Crippen molar-refractivity contribution in [1.29, 1.82) is 0 Å². The SMILES string of the molecule is O=c1[nH]c(=O)n([C@H]2CC(O)[C@@H](COP(=O)(O)OP(=O)(O)OP(=O)(O)O)O2)cc1C#CCCCO. The second kappa shape index (κ2) is 11.5. The smallest absolute Gasteiger partial charge is 0.396 e. The molecule has 7 N–H and O–H groups in total. The number of H-pyrrole nitrogens is 1. The Bertz CT molecular complexity index is 1190. The van der Waals surface area contributed by atoms with Crippen LogP contribution in [0.2, 0.25) is 0 Å².